The molecule has 190 valence electrons. The Balaban J connectivity index is 1.33. The van der Waals surface area contributed by atoms with Crippen molar-refractivity contribution in [2.45, 2.75) is 43.8 Å². The number of nitrogens with zero attached hydrogens (tertiary/aromatic N) is 4. The van der Waals surface area contributed by atoms with Gasteiger partial charge in [0.25, 0.3) is 0 Å². The normalized spacial score (nSPS) is 23.8. The quantitative estimate of drug-likeness (QED) is 0.420. The van der Waals surface area contributed by atoms with Gasteiger partial charge in [-0.05, 0) is 85.4 Å². The maximum Gasteiger partial charge on any atom is 0.319 e. The summed E-state index contributed by atoms with van der Waals surface area (Å²) in [6.45, 7) is 3.67. The van der Waals surface area contributed by atoms with Gasteiger partial charge in [-0.1, -0.05) is 30.3 Å². The molecule has 0 aliphatic carbocycles. The molecule has 0 radical (unpaired) electrons. The molecule has 3 atom stereocenters. The number of aromatic nitrogens is 2. The maximum atomic E-state index is 10.4. The zero-order chi connectivity index (χ0) is 24.9. The number of rotatable bonds is 5. The minimum Gasteiger partial charge on any atom is -0.508 e. The molecule has 4 aliphatic heterocycles. The van der Waals surface area contributed by atoms with Crippen molar-refractivity contribution in [3.8, 4) is 22.9 Å². The molecule has 5 heterocycles. The number of likely N-dealkylation sites (N-methyl/N-ethyl adjacent to an activating group) is 1. The van der Waals surface area contributed by atoms with Gasteiger partial charge in [0, 0.05) is 36.6 Å². The molecule has 8 rings (SSSR count). The average Bonchev–Trinajstić information content (AvgIpc) is 3.35. The highest BCUT2D eigenvalue weighted by Crippen LogP contribution is 2.37. The Morgan fingerprint density at radius 2 is 1.95 bits per heavy atom. The molecule has 7 nitrogen and oxygen atoms in total. The molecule has 7 heteroatoms. The third-order valence-corrected chi connectivity index (χ3v) is 8.51. The van der Waals surface area contributed by atoms with Crippen LogP contribution >= 0.6 is 0 Å². The maximum absolute atomic E-state index is 10.4. The van der Waals surface area contributed by atoms with Crippen molar-refractivity contribution >= 4 is 27.5 Å². The first-order chi connectivity index (χ1) is 18.1. The number of piperidine rings is 2. The molecular formula is C30H33N5O2. The van der Waals surface area contributed by atoms with E-state index in [1.165, 1.54) is 19.3 Å². The van der Waals surface area contributed by atoms with Crippen LogP contribution in [0.2, 0.25) is 0 Å². The van der Waals surface area contributed by atoms with E-state index in [0.717, 1.165) is 64.7 Å². The van der Waals surface area contributed by atoms with E-state index in [0.29, 0.717) is 30.7 Å². The number of aromatic hydroxyl groups is 1. The molecule has 2 N–H and O–H groups in total. The van der Waals surface area contributed by atoms with Crippen molar-refractivity contribution < 1.29 is 9.84 Å². The number of fused-ring (bicyclic) bond motifs is 5. The van der Waals surface area contributed by atoms with Crippen LogP contribution in [0.3, 0.4) is 0 Å². The molecule has 1 aromatic heterocycles. The van der Waals surface area contributed by atoms with E-state index in [1.54, 1.807) is 0 Å². The lowest BCUT2D eigenvalue weighted by molar-refractivity contribution is 0.188. The number of nitrogens with one attached hydrogen (secondary N) is 1. The topological polar surface area (TPSA) is 73.8 Å². The first-order valence-corrected chi connectivity index (χ1v) is 13.5. The monoisotopic (exact) mass is 495 g/mol. The molecule has 2 bridgehead atoms. The van der Waals surface area contributed by atoms with Crippen molar-refractivity contribution in [2.24, 2.45) is 0 Å². The van der Waals surface area contributed by atoms with Crippen LogP contribution in [0, 0.1) is 0 Å². The lowest BCUT2D eigenvalue weighted by Crippen LogP contribution is -2.61. The largest absolute Gasteiger partial charge is 0.508 e. The van der Waals surface area contributed by atoms with Crippen molar-refractivity contribution in [3.63, 3.8) is 0 Å². The summed E-state index contributed by atoms with van der Waals surface area (Å²) in [5, 5.41) is 17.3. The summed E-state index contributed by atoms with van der Waals surface area (Å²) in [6, 6.07) is 20.0. The van der Waals surface area contributed by atoms with Gasteiger partial charge in [0.1, 0.15) is 18.2 Å². The predicted molar refractivity (Wildman–Crippen MR) is 147 cm³/mol. The Labute approximate surface area is 217 Å². The summed E-state index contributed by atoms with van der Waals surface area (Å²) in [6.07, 6.45) is 4.75. The van der Waals surface area contributed by atoms with Gasteiger partial charge in [-0.2, -0.15) is 9.97 Å². The van der Waals surface area contributed by atoms with E-state index in [9.17, 15) is 5.11 Å². The van der Waals surface area contributed by atoms with Crippen molar-refractivity contribution in [2.75, 3.05) is 38.2 Å². The summed E-state index contributed by atoms with van der Waals surface area (Å²) in [4.78, 5) is 14.7. The van der Waals surface area contributed by atoms with Gasteiger partial charge in [-0.15, -0.1) is 0 Å². The van der Waals surface area contributed by atoms with Gasteiger partial charge in [-0.3, -0.25) is 0 Å². The van der Waals surface area contributed by atoms with Crippen LogP contribution in [-0.2, 0) is 0 Å². The summed E-state index contributed by atoms with van der Waals surface area (Å²) < 4.78 is 6.27. The molecular weight excluding hydrogens is 462 g/mol. The first kappa shape index (κ1) is 22.8. The van der Waals surface area contributed by atoms with E-state index in [-0.39, 0.29) is 5.75 Å². The minimum atomic E-state index is 0.263. The number of ether oxygens (including phenoxy) is 1. The number of hydrogen-bond donors (Lipinski definition) is 2. The first-order valence-electron chi connectivity index (χ1n) is 13.5. The second kappa shape index (κ2) is 9.15. The fraction of sp³-hybridized carbons (Fsp3) is 0.400. The second-order valence-corrected chi connectivity index (χ2v) is 10.9. The van der Waals surface area contributed by atoms with Crippen LogP contribution in [0.5, 0.6) is 11.8 Å². The molecule has 4 aliphatic rings. The second-order valence-electron chi connectivity index (χ2n) is 10.9. The Hall–Kier alpha value is -3.42. The fourth-order valence-corrected chi connectivity index (χ4v) is 6.41. The highest BCUT2D eigenvalue weighted by molar-refractivity contribution is 6.01. The zero-order valence-corrected chi connectivity index (χ0v) is 21.2. The molecule has 0 saturated carbocycles. The fourth-order valence-electron chi connectivity index (χ4n) is 6.41. The van der Waals surface area contributed by atoms with Gasteiger partial charge in [0.2, 0.25) is 0 Å². The molecule has 3 aromatic carbocycles. The van der Waals surface area contributed by atoms with Crippen LogP contribution in [0.4, 0.5) is 5.82 Å². The molecule has 0 amide bonds. The Morgan fingerprint density at radius 1 is 1.03 bits per heavy atom. The van der Waals surface area contributed by atoms with Crippen LogP contribution in [-0.4, -0.2) is 71.4 Å². The van der Waals surface area contributed by atoms with Gasteiger partial charge < -0.3 is 25.0 Å². The van der Waals surface area contributed by atoms with Crippen LogP contribution in [0.15, 0.2) is 54.6 Å². The Bertz CT molecular complexity index is 1470. The third-order valence-electron chi connectivity index (χ3n) is 8.51. The van der Waals surface area contributed by atoms with E-state index in [2.05, 4.69) is 46.4 Å². The summed E-state index contributed by atoms with van der Waals surface area (Å²) >= 11 is 0. The number of piperazine rings is 1. The van der Waals surface area contributed by atoms with Crippen molar-refractivity contribution in [1.82, 2.24) is 20.2 Å². The van der Waals surface area contributed by atoms with E-state index < -0.39 is 0 Å². The molecule has 4 saturated heterocycles. The number of benzene rings is 3. The van der Waals surface area contributed by atoms with Gasteiger partial charge in [-0.25, -0.2) is 0 Å². The minimum absolute atomic E-state index is 0.263. The lowest BCUT2D eigenvalue weighted by Gasteiger charge is -2.46. The Morgan fingerprint density at radius 3 is 2.73 bits per heavy atom. The van der Waals surface area contributed by atoms with Gasteiger partial charge >= 0.3 is 6.01 Å². The highest BCUT2D eigenvalue weighted by atomic mass is 16.5. The summed E-state index contributed by atoms with van der Waals surface area (Å²) in [7, 11) is 2.16. The van der Waals surface area contributed by atoms with Crippen LogP contribution < -0.4 is 15.0 Å². The van der Waals surface area contributed by atoms with Gasteiger partial charge in [0.15, 0.2) is 0 Å². The average molecular weight is 496 g/mol. The third kappa shape index (κ3) is 4.16. The number of phenolic OH excluding ortho intramolecular Hbond substituents is 1. The van der Waals surface area contributed by atoms with Crippen LogP contribution in [0.1, 0.15) is 25.7 Å². The van der Waals surface area contributed by atoms with Crippen molar-refractivity contribution in [3.05, 3.63) is 54.6 Å². The number of anilines is 1. The summed E-state index contributed by atoms with van der Waals surface area (Å²) in [5.41, 5.74) is 2.89. The number of hydrogen-bond acceptors (Lipinski definition) is 7. The van der Waals surface area contributed by atoms with E-state index in [1.807, 2.05) is 30.3 Å². The lowest BCUT2D eigenvalue weighted by atomic mass is 9.92. The smallest absolute Gasteiger partial charge is 0.319 e. The molecule has 0 unspecified atom stereocenters. The Kier molecular flexibility index (Phi) is 5.63. The molecule has 4 aromatic rings. The van der Waals surface area contributed by atoms with Crippen LogP contribution in [0.25, 0.3) is 32.8 Å². The SMILES string of the molecule is CN1CCC[C@H]1COc1nc(N2C[C@H]3CC[C@@H]2CN3)c2ccc(-c3cc(O)cc4ccccc34)cc2n1. The van der Waals surface area contributed by atoms with Crippen molar-refractivity contribution in [1.29, 1.82) is 0 Å². The molecule has 37 heavy (non-hydrogen) atoms. The highest BCUT2D eigenvalue weighted by Gasteiger charge is 2.35. The predicted octanol–water partition coefficient (Wildman–Crippen LogP) is 4.57. The van der Waals surface area contributed by atoms with E-state index >= 15 is 0 Å². The molecule has 4 fully saturated rings. The molecule has 0 spiro atoms. The number of likely N-dealkylation sites (tertiary alicyclic amines) is 1. The van der Waals surface area contributed by atoms with Gasteiger partial charge in [0.05, 0.1) is 5.52 Å². The number of phenols is 1. The zero-order valence-electron chi connectivity index (χ0n) is 21.2. The van der Waals surface area contributed by atoms with E-state index in [4.69, 9.17) is 14.7 Å². The summed E-state index contributed by atoms with van der Waals surface area (Å²) in [5.74, 6) is 1.24. The standard InChI is InChI=1S/C30H33N5O2/c1-34-12-4-6-23(34)18-37-30-32-28-14-20(27-15-24(36)13-19-5-2-3-7-25(19)27)8-11-26(28)29(33-30)35-17-21-9-10-22(35)16-31-21/h2-3,5,7-8,11,13-15,21-23,31,36H,4,6,9-10,12,16-18H2,1H3/t21-,22-,23+/m1/s1.